The lowest BCUT2D eigenvalue weighted by molar-refractivity contribution is -0.408. The molecule has 0 spiro atoms. The zero-order valence-electron chi connectivity index (χ0n) is 27.1. The van der Waals surface area contributed by atoms with Crippen LogP contribution < -0.4 is 0 Å². The van der Waals surface area contributed by atoms with Crippen molar-refractivity contribution < 1.29 is 39.8 Å². The molecule has 1 heterocycles. The largest absolute Gasteiger partial charge is 0.481 e. The highest BCUT2D eigenvalue weighted by Crippen LogP contribution is 2.51. The van der Waals surface area contributed by atoms with E-state index in [1.807, 2.05) is 121 Å². The number of carboxylic acids is 1. The van der Waals surface area contributed by atoms with Crippen LogP contribution in [0.3, 0.4) is 0 Å². The maximum absolute atomic E-state index is 13.3. The molecule has 8 heteroatoms. The van der Waals surface area contributed by atoms with Gasteiger partial charge in [0.25, 0.3) is 0 Å². The third kappa shape index (κ3) is 8.04. The fraction of sp³-hybridized carbons (Fsp3) is 0.375. The normalized spacial score (nSPS) is 26.2. The van der Waals surface area contributed by atoms with Gasteiger partial charge in [0.15, 0.2) is 11.9 Å². The van der Waals surface area contributed by atoms with Gasteiger partial charge in [0.05, 0.1) is 6.10 Å². The van der Waals surface area contributed by atoms with Gasteiger partial charge >= 0.3 is 5.97 Å². The van der Waals surface area contributed by atoms with E-state index in [0.29, 0.717) is 36.0 Å². The van der Waals surface area contributed by atoms with E-state index in [1.54, 1.807) is 0 Å². The molecule has 254 valence electrons. The van der Waals surface area contributed by atoms with Gasteiger partial charge < -0.3 is 35.0 Å². The summed E-state index contributed by atoms with van der Waals surface area (Å²) in [6.45, 7) is 0.0986. The van der Waals surface area contributed by atoms with E-state index < -0.39 is 41.3 Å². The topological polar surface area (TPSA) is 137 Å². The third-order valence-corrected chi connectivity index (χ3v) is 9.44. The predicted molar refractivity (Wildman–Crippen MR) is 182 cm³/mol. The van der Waals surface area contributed by atoms with Crippen LogP contribution >= 0.6 is 0 Å². The number of hydrogen-bond donors (Lipinski definition) is 5. The van der Waals surface area contributed by atoms with E-state index in [2.05, 4.69) is 0 Å². The van der Waals surface area contributed by atoms with Crippen molar-refractivity contribution in [1.82, 2.24) is 0 Å². The highest BCUT2D eigenvalue weighted by Gasteiger charge is 2.72. The van der Waals surface area contributed by atoms with Crippen molar-refractivity contribution >= 4 is 5.97 Å². The van der Waals surface area contributed by atoms with Gasteiger partial charge in [-0.3, -0.25) is 4.79 Å². The van der Waals surface area contributed by atoms with Crippen molar-refractivity contribution in [2.24, 2.45) is 0 Å². The van der Waals surface area contributed by atoms with Crippen molar-refractivity contribution in [3.8, 4) is 0 Å². The summed E-state index contributed by atoms with van der Waals surface area (Å²) in [5.74, 6) is -0.873. The van der Waals surface area contributed by atoms with Crippen molar-refractivity contribution in [1.29, 1.82) is 0 Å². The molecule has 1 aliphatic heterocycles. The Morgan fingerprint density at radius 2 is 1.10 bits per heavy atom. The Morgan fingerprint density at radius 1 is 0.646 bits per heavy atom. The Morgan fingerprint density at radius 3 is 1.60 bits per heavy atom. The molecule has 5 N–H and O–H groups in total. The van der Waals surface area contributed by atoms with Crippen molar-refractivity contribution in [2.75, 3.05) is 6.61 Å². The predicted octanol–water partition coefficient (Wildman–Crippen LogP) is 4.90. The number of hydrogen-bond acceptors (Lipinski definition) is 7. The lowest BCUT2D eigenvalue weighted by atomic mass is 9.59. The van der Waals surface area contributed by atoms with Gasteiger partial charge in [0.1, 0.15) is 17.3 Å². The minimum absolute atomic E-state index is 0.0367. The summed E-state index contributed by atoms with van der Waals surface area (Å²) >= 11 is 0. The van der Waals surface area contributed by atoms with Crippen LogP contribution in [0.15, 0.2) is 121 Å². The Bertz CT molecular complexity index is 1550. The average molecular weight is 655 g/mol. The molecule has 1 fully saturated rings. The van der Waals surface area contributed by atoms with Gasteiger partial charge in [-0.2, -0.15) is 0 Å². The molecule has 0 bridgehead atoms. The fourth-order valence-electron chi connectivity index (χ4n) is 6.95. The number of aliphatic carboxylic acids is 1. The molecule has 4 aromatic rings. The van der Waals surface area contributed by atoms with Crippen LogP contribution in [0.2, 0.25) is 0 Å². The lowest BCUT2D eigenvalue weighted by Crippen LogP contribution is -2.83. The van der Waals surface area contributed by atoms with Crippen molar-refractivity contribution in [2.45, 2.75) is 86.7 Å². The first-order valence-corrected chi connectivity index (χ1v) is 16.6. The van der Waals surface area contributed by atoms with Crippen LogP contribution in [0.5, 0.6) is 0 Å². The Hall–Kier alpha value is -3.89. The van der Waals surface area contributed by atoms with Crippen LogP contribution in [0.1, 0.15) is 47.9 Å². The second kappa shape index (κ2) is 16.0. The molecule has 4 aromatic carbocycles. The number of rotatable bonds is 16. The summed E-state index contributed by atoms with van der Waals surface area (Å²) in [5, 5.41) is 60.4. The van der Waals surface area contributed by atoms with Crippen LogP contribution in [-0.4, -0.2) is 73.4 Å². The minimum Gasteiger partial charge on any atom is -0.481 e. The highest BCUT2D eigenvalue weighted by molar-refractivity contribution is 5.66. The number of aliphatic hydroxyl groups is 4. The molecule has 6 atom stereocenters. The van der Waals surface area contributed by atoms with Crippen molar-refractivity contribution in [3.05, 3.63) is 144 Å². The first-order valence-electron chi connectivity index (χ1n) is 16.6. The number of carbonyl (C=O) groups is 1. The van der Waals surface area contributed by atoms with Crippen LogP contribution in [-0.2, 0) is 40.0 Å². The van der Waals surface area contributed by atoms with Crippen molar-refractivity contribution in [3.63, 3.8) is 0 Å². The molecule has 0 aromatic heterocycles. The molecule has 0 saturated carbocycles. The standard InChI is InChI=1S/C40H46O8/c41-34(26-30-16-6-1-7-17-30)36-38(44,27-31-18-8-2-9-19-31)40(46,29-33-22-12-4-13-23-33)39(45,28-32-20-10-3-11-21-32)37(48-36)47-25-15-5-14-24-35(42)43/h1-4,6-13,16-23,34,36-37,41,44-46H,5,14-15,24-29H2,(H,42,43)/t34?,36-,37+,38-,39-,40+/m1/s1. The summed E-state index contributed by atoms with van der Waals surface area (Å²) in [7, 11) is 0. The maximum Gasteiger partial charge on any atom is 0.303 e. The van der Waals surface area contributed by atoms with Gasteiger partial charge in [0.2, 0.25) is 0 Å². The number of unbranched alkanes of at least 4 members (excludes halogenated alkanes) is 2. The summed E-state index contributed by atoms with van der Waals surface area (Å²) < 4.78 is 12.8. The lowest BCUT2D eigenvalue weighted by Gasteiger charge is -2.62. The number of benzene rings is 4. The smallest absolute Gasteiger partial charge is 0.303 e. The first kappa shape index (κ1) is 35.4. The highest BCUT2D eigenvalue weighted by atomic mass is 16.7. The first-order chi connectivity index (χ1) is 23.1. The number of aliphatic hydroxyl groups excluding tert-OH is 1. The van der Waals surface area contributed by atoms with E-state index >= 15 is 0 Å². The fourth-order valence-corrected chi connectivity index (χ4v) is 6.95. The van der Waals surface area contributed by atoms with E-state index in [1.165, 1.54) is 0 Å². The summed E-state index contributed by atoms with van der Waals surface area (Å²) in [6, 6.07) is 36.9. The number of ether oxygens (including phenoxy) is 2. The van der Waals surface area contributed by atoms with E-state index in [4.69, 9.17) is 14.6 Å². The Kier molecular flexibility index (Phi) is 11.8. The zero-order chi connectivity index (χ0) is 34.0. The van der Waals surface area contributed by atoms with Gasteiger partial charge in [0, 0.05) is 38.7 Å². The molecule has 1 saturated heterocycles. The Balaban J connectivity index is 1.62. The van der Waals surface area contributed by atoms with Gasteiger partial charge in [-0.15, -0.1) is 0 Å². The maximum atomic E-state index is 13.3. The third-order valence-electron chi connectivity index (χ3n) is 9.44. The van der Waals surface area contributed by atoms with E-state index in [0.717, 1.165) is 5.56 Å². The molecule has 8 nitrogen and oxygen atoms in total. The molecular formula is C40H46O8. The SMILES string of the molecule is O=C(O)CCCCCO[C@H]1O[C@H](C(O)Cc2ccccc2)[C@](O)(Cc2ccccc2)[C@@](O)(Cc2ccccc2)[C@@]1(O)Cc1ccccc1. The van der Waals surface area contributed by atoms with Crippen LogP contribution in [0.25, 0.3) is 0 Å². The molecule has 5 rings (SSSR count). The molecule has 1 unspecified atom stereocenters. The summed E-state index contributed by atoms with van der Waals surface area (Å²) in [6.07, 6.45) is -2.91. The molecule has 0 radical (unpaired) electrons. The summed E-state index contributed by atoms with van der Waals surface area (Å²) in [5.41, 5.74) is -3.89. The average Bonchev–Trinajstić information content (AvgIpc) is 3.08. The quantitative estimate of drug-likeness (QED) is 0.108. The molecule has 1 aliphatic rings. The van der Waals surface area contributed by atoms with E-state index in [9.17, 15) is 25.2 Å². The Labute approximate surface area is 282 Å². The van der Waals surface area contributed by atoms with Crippen LogP contribution in [0.4, 0.5) is 0 Å². The summed E-state index contributed by atoms with van der Waals surface area (Å²) in [4.78, 5) is 11.0. The molecule has 0 amide bonds. The second-order valence-electron chi connectivity index (χ2n) is 12.9. The monoisotopic (exact) mass is 654 g/mol. The van der Waals surface area contributed by atoms with E-state index in [-0.39, 0.29) is 38.7 Å². The van der Waals surface area contributed by atoms with Gasteiger partial charge in [-0.25, -0.2) is 0 Å². The van der Waals surface area contributed by atoms with Gasteiger partial charge in [-0.1, -0.05) is 128 Å². The molecule has 48 heavy (non-hydrogen) atoms. The molecular weight excluding hydrogens is 608 g/mol. The second-order valence-corrected chi connectivity index (χ2v) is 12.9. The zero-order valence-corrected chi connectivity index (χ0v) is 27.1. The van der Waals surface area contributed by atoms with Gasteiger partial charge in [-0.05, 0) is 35.1 Å². The number of carboxylic acid groups (broad SMARTS) is 1. The molecule has 0 aliphatic carbocycles. The van der Waals surface area contributed by atoms with Crippen LogP contribution in [0, 0.1) is 0 Å². The minimum atomic E-state index is -2.32.